The molecular weight excluding hydrogens is 356 g/mol. The minimum absolute atomic E-state index is 0.0415. The Hall–Kier alpha value is -2.27. The molecule has 0 aliphatic rings. The first kappa shape index (κ1) is 15.6. The molecule has 1 heterocycles. The third-order valence-electron chi connectivity index (χ3n) is 3.71. The number of halogens is 1. The number of rotatable bonds is 4. The number of hydrogen-bond acceptors (Lipinski definition) is 2. The molecular formula is C18H17BrN2O2. The topological polar surface area (TPSA) is 45.3 Å². The van der Waals surface area contributed by atoms with E-state index in [1.165, 1.54) is 0 Å². The lowest BCUT2D eigenvalue weighted by molar-refractivity contribution is 0.0780. The summed E-state index contributed by atoms with van der Waals surface area (Å²) in [4.78, 5) is 17.5. The first-order valence-corrected chi connectivity index (χ1v) is 8.03. The van der Waals surface area contributed by atoms with Crippen molar-refractivity contribution in [3.05, 3.63) is 64.3 Å². The highest BCUT2D eigenvalue weighted by atomic mass is 79.9. The van der Waals surface area contributed by atoms with Gasteiger partial charge in [0.1, 0.15) is 11.4 Å². The fourth-order valence-corrected chi connectivity index (χ4v) is 2.92. The highest BCUT2D eigenvalue weighted by molar-refractivity contribution is 9.10. The van der Waals surface area contributed by atoms with E-state index in [0.29, 0.717) is 12.2 Å². The van der Waals surface area contributed by atoms with Crippen LogP contribution in [0.4, 0.5) is 0 Å². The summed E-state index contributed by atoms with van der Waals surface area (Å²) in [5, 5.41) is 1.01. The minimum atomic E-state index is -0.0415. The van der Waals surface area contributed by atoms with Crippen LogP contribution < -0.4 is 4.74 Å². The van der Waals surface area contributed by atoms with E-state index < -0.39 is 0 Å². The zero-order valence-corrected chi connectivity index (χ0v) is 14.6. The number of hydrogen-bond donors (Lipinski definition) is 1. The summed E-state index contributed by atoms with van der Waals surface area (Å²) in [7, 11) is 3.43. The number of methoxy groups -OCH3 is 1. The molecule has 118 valence electrons. The molecule has 0 unspecified atom stereocenters. The Balaban J connectivity index is 1.80. The molecule has 4 nitrogen and oxygen atoms in total. The van der Waals surface area contributed by atoms with Crippen molar-refractivity contribution < 1.29 is 9.53 Å². The summed E-state index contributed by atoms with van der Waals surface area (Å²) in [6.45, 7) is 0.523. The van der Waals surface area contributed by atoms with E-state index in [4.69, 9.17) is 4.74 Å². The van der Waals surface area contributed by atoms with Crippen molar-refractivity contribution >= 4 is 32.7 Å². The molecule has 3 rings (SSSR count). The van der Waals surface area contributed by atoms with Gasteiger partial charge in [-0.05, 0) is 42.0 Å². The second-order valence-corrected chi connectivity index (χ2v) is 6.34. The number of fused-ring (bicyclic) bond motifs is 1. The Bertz CT molecular complexity index is 857. The maximum absolute atomic E-state index is 12.6. The SMILES string of the molecule is COc1cccc(CN(C)C(=O)c2cc3cc(Br)ccc3[nH]2)c1. The predicted octanol–water partition coefficient (Wildman–Crippen LogP) is 4.21. The van der Waals surface area contributed by atoms with Gasteiger partial charge in [0, 0.05) is 29.0 Å². The number of benzene rings is 2. The smallest absolute Gasteiger partial charge is 0.270 e. The number of carbonyl (C=O) groups excluding carboxylic acids is 1. The van der Waals surface area contributed by atoms with Gasteiger partial charge in [0.05, 0.1) is 7.11 Å². The monoisotopic (exact) mass is 372 g/mol. The molecule has 0 spiro atoms. The number of nitrogens with zero attached hydrogens (tertiary/aromatic N) is 1. The van der Waals surface area contributed by atoms with Crippen LogP contribution in [0.25, 0.3) is 10.9 Å². The fraction of sp³-hybridized carbons (Fsp3) is 0.167. The second kappa shape index (κ2) is 6.46. The molecule has 0 aliphatic carbocycles. The van der Waals surface area contributed by atoms with Crippen molar-refractivity contribution in [2.45, 2.75) is 6.54 Å². The molecule has 23 heavy (non-hydrogen) atoms. The van der Waals surface area contributed by atoms with Crippen LogP contribution in [-0.4, -0.2) is 29.9 Å². The number of ether oxygens (including phenoxy) is 1. The van der Waals surface area contributed by atoms with E-state index in [-0.39, 0.29) is 5.91 Å². The Morgan fingerprint density at radius 2 is 2.04 bits per heavy atom. The van der Waals surface area contributed by atoms with Crippen LogP contribution in [0, 0.1) is 0 Å². The lowest BCUT2D eigenvalue weighted by Crippen LogP contribution is -2.26. The lowest BCUT2D eigenvalue weighted by Gasteiger charge is -2.16. The zero-order chi connectivity index (χ0) is 16.4. The van der Waals surface area contributed by atoms with Crippen LogP contribution in [0.2, 0.25) is 0 Å². The van der Waals surface area contributed by atoms with Crippen molar-refractivity contribution in [2.24, 2.45) is 0 Å². The Morgan fingerprint density at radius 1 is 1.22 bits per heavy atom. The van der Waals surface area contributed by atoms with Gasteiger partial charge in [0.15, 0.2) is 0 Å². The molecule has 0 saturated heterocycles. The summed E-state index contributed by atoms with van der Waals surface area (Å²) in [5.41, 5.74) is 2.56. The van der Waals surface area contributed by atoms with E-state index >= 15 is 0 Å². The molecule has 1 amide bonds. The van der Waals surface area contributed by atoms with Gasteiger partial charge in [-0.25, -0.2) is 0 Å². The Kier molecular flexibility index (Phi) is 4.39. The average Bonchev–Trinajstić information content (AvgIpc) is 2.97. The van der Waals surface area contributed by atoms with Gasteiger partial charge in [0.2, 0.25) is 0 Å². The normalized spacial score (nSPS) is 10.7. The zero-order valence-electron chi connectivity index (χ0n) is 13.0. The number of aromatic amines is 1. The Morgan fingerprint density at radius 3 is 2.83 bits per heavy atom. The van der Waals surface area contributed by atoms with Crippen LogP contribution in [0.15, 0.2) is 53.0 Å². The number of nitrogens with one attached hydrogen (secondary N) is 1. The van der Waals surface area contributed by atoms with Crippen LogP contribution in [0.5, 0.6) is 5.75 Å². The third kappa shape index (κ3) is 3.40. The quantitative estimate of drug-likeness (QED) is 0.745. The molecule has 1 N–H and O–H groups in total. The van der Waals surface area contributed by atoms with Crippen LogP contribution in [0.1, 0.15) is 16.1 Å². The molecule has 0 fully saturated rings. The van der Waals surface area contributed by atoms with Crippen molar-refractivity contribution in [3.63, 3.8) is 0 Å². The van der Waals surface area contributed by atoms with Crippen LogP contribution >= 0.6 is 15.9 Å². The number of amides is 1. The van der Waals surface area contributed by atoms with Gasteiger partial charge >= 0.3 is 0 Å². The molecule has 0 atom stereocenters. The third-order valence-corrected chi connectivity index (χ3v) is 4.21. The lowest BCUT2D eigenvalue weighted by atomic mass is 10.2. The van der Waals surface area contributed by atoms with Crippen molar-refractivity contribution in [3.8, 4) is 5.75 Å². The highest BCUT2D eigenvalue weighted by Gasteiger charge is 2.15. The van der Waals surface area contributed by atoms with Gasteiger partial charge in [-0.1, -0.05) is 28.1 Å². The van der Waals surface area contributed by atoms with Gasteiger partial charge in [-0.3, -0.25) is 4.79 Å². The Labute approximate surface area is 143 Å². The van der Waals surface area contributed by atoms with E-state index in [9.17, 15) is 4.79 Å². The van der Waals surface area contributed by atoms with Gasteiger partial charge in [-0.2, -0.15) is 0 Å². The van der Waals surface area contributed by atoms with E-state index in [0.717, 1.165) is 26.7 Å². The predicted molar refractivity (Wildman–Crippen MR) is 94.8 cm³/mol. The van der Waals surface area contributed by atoms with Gasteiger partial charge < -0.3 is 14.6 Å². The van der Waals surface area contributed by atoms with Crippen LogP contribution in [0.3, 0.4) is 0 Å². The van der Waals surface area contributed by atoms with Gasteiger partial charge in [0.25, 0.3) is 5.91 Å². The molecule has 2 aromatic carbocycles. The standard InChI is InChI=1S/C18H17BrN2O2/c1-21(11-12-4-3-5-15(8-12)23-2)18(22)17-10-13-9-14(19)6-7-16(13)20-17/h3-10,20H,11H2,1-2H3. The number of carbonyl (C=O) groups is 1. The fourth-order valence-electron chi connectivity index (χ4n) is 2.54. The van der Waals surface area contributed by atoms with Crippen molar-refractivity contribution in [2.75, 3.05) is 14.2 Å². The summed E-state index contributed by atoms with van der Waals surface area (Å²) in [6, 6.07) is 15.5. The number of aromatic nitrogens is 1. The average molecular weight is 373 g/mol. The minimum Gasteiger partial charge on any atom is -0.497 e. The van der Waals surface area contributed by atoms with Gasteiger partial charge in [-0.15, -0.1) is 0 Å². The molecule has 0 aliphatic heterocycles. The first-order valence-electron chi connectivity index (χ1n) is 7.23. The summed E-state index contributed by atoms with van der Waals surface area (Å²) < 4.78 is 6.21. The van der Waals surface area contributed by atoms with E-state index in [2.05, 4.69) is 20.9 Å². The first-order chi connectivity index (χ1) is 11.1. The van der Waals surface area contributed by atoms with E-state index in [1.54, 1.807) is 19.1 Å². The molecule has 5 heteroatoms. The molecule has 3 aromatic rings. The summed E-state index contributed by atoms with van der Waals surface area (Å²) in [5.74, 6) is 0.749. The maximum Gasteiger partial charge on any atom is 0.270 e. The molecule has 0 saturated carbocycles. The van der Waals surface area contributed by atoms with Crippen LogP contribution in [-0.2, 0) is 6.54 Å². The molecule has 0 radical (unpaired) electrons. The number of H-pyrrole nitrogens is 1. The largest absolute Gasteiger partial charge is 0.497 e. The highest BCUT2D eigenvalue weighted by Crippen LogP contribution is 2.21. The maximum atomic E-state index is 12.6. The second-order valence-electron chi connectivity index (χ2n) is 5.43. The van der Waals surface area contributed by atoms with Crippen molar-refractivity contribution in [1.82, 2.24) is 9.88 Å². The van der Waals surface area contributed by atoms with Crippen molar-refractivity contribution in [1.29, 1.82) is 0 Å². The summed E-state index contributed by atoms with van der Waals surface area (Å²) in [6.07, 6.45) is 0. The molecule has 0 bridgehead atoms. The van der Waals surface area contributed by atoms with E-state index in [1.807, 2.05) is 48.5 Å². The molecule has 1 aromatic heterocycles. The summed E-state index contributed by atoms with van der Waals surface area (Å²) >= 11 is 3.44.